The average molecular weight is 606 g/mol. The summed E-state index contributed by atoms with van der Waals surface area (Å²) in [7, 11) is 1.44. The normalized spacial score (nSPS) is 14.6. The van der Waals surface area contributed by atoms with E-state index in [9.17, 15) is 19.2 Å². The monoisotopic (exact) mass is 605 g/mol. The van der Waals surface area contributed by atoms with E-state index in [1.165, 1.54) is 13.2 Å². The van der Waals surface area contributed by atoms with Gasteiger partial charge in [-0.15, -0.1) is 0 Å². The van der Waals surface area contributed by atoms with E-state index in [2.05, 4.69) is 10.6 Å². The van der Waals surface area contributed by atoms with Crippen molar-refractivity contribution in [1.29, 1.82) is 0 Å². The minimum absolute atomic E-state index is 0.0967. The Balaban J connectivity index is 1.19. The molecule has 2 aliphatic rings. The first-order valence-electron chi connectivity index (χ1n) is 13.1. The van der Waals surface area contributed by atoms with Crippen molar-refractivity contribution in [1.82, 2.24) is 4.90 Å². The SMILES string of the molecule is CCOc1ccccc1NC(=O)COc1ccc(/C=C2/SC(=O)N(CC(=O)Nc3ccc4c(c3)OCO4)C2=O)cc1OC. The number of benzene rings is 3. The third-order valence-electron chi connectivity index (χ3n) is 6.14. The minimum atomic E-state index is -0.598. The summed E-state index contributed by atoms with van der Waals surface area (Å²) in [6, 6.07) is 16.8. The van der Waals surface area contributed by atoms with Gasteiger partial charge >= 0.3 is 0 Å². The molecule has 2 N–H and O–H groups in total. The highest BCUT2D eigenvalue weighted by Gasteiger charge is 2.36. The molecule has 0 saturated carbocycles. The Kier molecular flexibility index (Phi) is 9.01. The first-order chi connectivity index (χ1) is 20.8. The van der Waals surface area contributed by atoms with Crippen LogP contribution in [-0.4, -0.2) is 61.5 Å². The van der Waals surface area contributed by atoms with Gasteiger partial charge in [0.25, 0.3) is 17.1 Å². The third kappa shape index (κ3) is 7.01. The summed E-state index contributed by atoms with van der Waals surface area (Å²) < 4.78 is 27.2. The molecule has 0 spiro atoms. The Morgan fingerprint density at radius 1 is 0.930 bits per heavy atom. The number of nitrogens with one attached hydrogen (secondary N) is 2. The summed E-state index contributed by atoms with van der Waals surface area (Å²) in [5.74, 6) is 0.695. The molecule has 2 aliphatic heterocycles. The zero-order valence-corrected chi connectivity index (χ0v) is 24.0. The summed E-state index contributed by atoms with van der Waals surface area (Å²) in [6.07, 6.45) is 1.52. The molecular formula is C30H27N3O9S. The molecular weight excluding hydrogens is 578 g/mol. The summed E-state index contributed by atoms with van der Waals surface area (Å²) in [5, 5.41) is 4.84. The predicted octanol–water partition coefficient (Wildman–Crippen LogP) is 4.52. The number of carbonyl (C=O) groups is 4. The van der Waals surface area contributed by atoms with Crippen molar-refractivity contribution in [3.05, 3.63) is 71.1 Å². The number of amides is 4. The number of rotatable bonds is 11. The van der Waals surface area contributed by atoms with Crippen LogP contribution in [0.2, 0.25) is 0 Å². The molecule has 3 aromatic rings. The zero-order valence-electron chi connectivity index (χ0n) is 23.2. The van der Waals surface area contributed by atoms with Gasteiger partial charge in [0.15, 0.2) is 29.6 Å². The minimum Gasteiger partial charge on any atom is -0.493 e. The predicted molar refractivity (Wildman–Crippen MR) is 159 cm³/mol. The molecule has 0 atom stereocenters. The van der Waals surface area contributed by atoms with Gasteiger partial charge in [-0.1, -0.05) is 18.2 Å². The topological polar surface area (TPSA) is 142 Å². The van der Waals surface area contributed by atoms with Crippen LogP contribution in [0.3, 0.4) is 0 Å². The molecule has 2 heterocycles. The van der Waals surface area contributed by atoms with E-state index in [0.717, 1.165) is 16.7 Å². The quantitative estimate of drug-likeness (QED) is 0.300. The number of methoxy groups -OCH3 is 1. The molecule has 1 fully saturated rings. The largest absolute Gasteiger partial charge is 0.493 e. The Hall–Kier alpha value is -5.17. The molecule has 5 rings (SSSR count). The molecule has 13 heteroatoms. The van der Waals surface area contributed by atoms with E-state index in [1.54, 1.807) is 54.6 Å². The highest BCUT2D eigenvalue weighted by molar-refractivity contribution is 8.18. The summed E-state index contributed by atoms with van der Waals surface area (Å²) in [4.78, 5) is 51.6. The smallest absolute Gasteiger partial charge is 0.294 e. The van der Waals surface area contributed by atoms with Crippen LogP contribution in [0, 0.1) is 0 Å². The van der Waals surface area contributed by atoms with Crippen LogP contribution in [0.15, 0.2) is 65.6 Å². The van der Waals surface area contributed by atoms with Crippen LogP contribution in [0.5, 0.6) is 28.7 Å². The van der Waals surface area contributed by atoms with E-state index in [4.69, 9.17) is 23.7 Å². The lowest BCUT2D eigenvalue weighted by Gasteiger charge is -2.13. The van der Waals surface area contributed by atoms with Gasteiger partial charge in [0, 0.05) is 11.8 Å². The number of fused-ring (bicyclic) bond motifs is 1. The molecule has 43 heavy (non-hydrogen) atoms. The van der Waals surface area contributed by atoms with Gasteiger partial charge in [-0.05, 0) is 66.7 Å². The van der Waals surface area contributed by atoms with E-state index in [0.29, 0.717) is 52.3 Å². The fraction of sp³-hybridized carbons (Fsp3) is 0.200. The number of anilines is 2. The van der Waals surface area contributed by atoms with E-state index in [1.807, 2.05) is 13.0 Å². The summed E-state index contributed by atoms with van der Waals surface area (Å²) in [6.45, 7) is 1.66. The Bertz CT molecular complexity index is 1610. The number of para-hydroxylation sites is 2. The maximum Gasteiger partial charge on any atom is 0.294 e. The first kappa shape index (κ1) is 29.3. The van der Waals surface area contributed by atoms with Crippen LogP contribution in [0.25, 0.3) is 6.08 Å². The van der Waals surface area contributed by atoms with Gasteiger partial charge in [0.1, 0.15) is 12.3 Å². The van der Waals surface area contributed by atoms with Crippen LogP contribution >= 0.6 is 11.8 Å². The lowest BCUT2D eigenvalue weighted by atomic mass is 10.2. The van der Waals surface area contributed by atoms with Crippen molar-refractivity contribution >= 4 is 52.2 Å². The van der Waals surface area contributed by atoms with E-state index in [-0.39, 0.29) is 18.3 Å². The van der Waals surface area contributed by atoms with Crippen molar-refractivity contribution in [2.75, 3.05) is 44.3 Å². The molecule has 0 bridgehead atoms. The van der Waals surface area contributed by atoms with Gasteiger partial charge in [-0.25, -0.2) is 0 Å². The van der Waals surface area contributed by atoms with Crippen molar-refractivity contribution in [3.8, 4) is 28.7 Å². The maximum absolute atomic E-state index is 13.0. The van der Waals surface area contributed by atoms with Gasteiger partial charge in [0.2, 0.25) is 12.7 Å². The second kappa shape index (κ2) is 13.2. The molecule has 12 nitrogen and oxygen atoms in total. The molecule has 1 saturated heterocycles. The Morgan fingerprint density at radius 3 is 2.56 bits per heavy atom. The van der Waals surface area contributed by atoms with Crippen molar-refractivity contribution in [3.63, 3.8) is 0 Å². The summed E-state index contributed by atoms with van der Waals surface area (Å²) in [5.41, 5.74) is 1.52. The standard InChI is InChI=1S/C30H27N3O9S/c1-3-39-21-7-5-4-6-20(21)32-28(35)16-40-22-10-8-18(12-24(22)38-2)13-26-29(36)33(30(37)43-26)15-27(34)31-19-9-11-23-25(14-19)42-17-41-23/h4-14H,3,15-17H2,1-2H3,(H,31,34)(H,32,35)/b26-13+. The number of hydrogen-bond donors (Lipinski definition) is 2. The van der Waals surface area contributed by atoms with Crippen LogP contribution in [-0.2, 0) is 14.4 Å². The molecule has 0 aromatic heterocycles. The Labute approximate surface area is 250 Å². The van der Waals surface area contributed by atoms with E-state index >= 15 is 0 Å². The molecule has 222 valence electrons. The number of thioether (sulfide) groups is 1. The fourth-order valence-corrected chi connectivity index (χ4v) is 5.02. The van der Waals surface area contributed by atoms with E-state index < -0.39 is 29.5 Å². The number of nitrogens with zero attached hydrogens (tertiary/aromatic N) is 1. The van der Waals surface area contributed by atoms with Crippen LogP contribution in [0.1, 0.15) is 12.5 Å². The van der Waals surface area contributed by atoms with Gasteiger partial charge < -0.3 is 34.3 Å². The fourth-order valence-electron chi connectivity index (χ4n) is 4.18. The van der Waals surface area contributed by atoms with Crippen LogP contribution in [0.4, 0.5) is 16.2 Å². The average Bonchev–Trinajstić information content (AvgIpc) is 3.57. The second-order valence-electron chi connectivity index (χ2n) is 9.06. The second-order valence-corrected chi connectivity index (χ2v) is 10.1. The molecule has 3 aromatic carbocycles. The molecule has 0 unspecified atom stereocenters. The van der Waals surface area contributed by atoms with Gasteiger partial charge in [-0.3, -0.25) is 24.1 Å². The highest BCUT2D eigenvalue weighted by Crippen LogP contribution is 2.36. The number of ether oxygens (including phenoxy) is 5. The molecule has 0 radical (unpaired) electrons. The Morgan fingerprint density at radius 2 is 1.74 bits per heavy atom. The maximum atomic E-state index is 13.0. The van der Waals surface area contributed by atoms with Crippen molar-refractivity contribution in [2.24, 2.45) is 0 Å². The van der Waals surface area contributed by atoms with Crippen molar-refractivity contribution in [2.45, 2.75) is 6.92 Å². The zero-order chi connectivity index (χ0) is 30.3. The lowest BCUT2D eigenvalue weighted by Crippen LogP contribution is -2.36. The lowest BCUT2D eigenvalue weighted by molar-refractivity contribution is -0.127. The molecule has 0 aliphatic carbocycles. The van der Waals surface area contributed by atoms with Crippen LogP contribution < -0.4 is 34.3 Å². The van der Waals surface area contributed by atoms with Gasteiger partial charge in [-0.2, -0.15) is 0 Å². The molecule has 4 amide bonds. The van der Waals surface area contributed by atoms with Gasteiger partial charge in [0.05, 0.1) is 24.3 Å². The summed E-state index contributed by atoms with van der Waals surface area (Å²) >= 11 is 0.725. The highest BCUT2D eigenvalue weighted by atomic mass is 32.2. The number of hydrogen-bond acceptors (Lipinski definition) is 10. The number of carbonyl (C=O) groups excluding carboxylic acids is 4. The first-order valence-corrected chi connectivity index (χ1v) is 13.9. The number of imide groups is 1. The van der Waals surface area contributed by atoms with Crippen molar-refractivity contribution < 1.29 is 42.9 Å². The third-order valence-corrected chi connectivity index (χ3v) is 7.04.